The summed E-state index contributed by atoms with van der Waals surface area (Å²) in [6.07, 6.45) is 0.540. The highest BCUT2D eigenvalue weighted by Crippen LogP contribution is 2.27. The van der Waals surface area contributed by atoms with Crippen molar-refractivity contribution in [1.82, 2.24) is 4.90 Å². The van der Waals surface area contributed by atoms with Gasteiger partial charge in [-0.1, -0.05) is 0 Å². The van der Waals surface area contributed by atoms with E-state index in [0.29, 0.717) is 18.7 Å². The van der Waals surface area contributed by atoms with E-state index in [1.807, 2.05) is 11.8 Å². The van der Waals surface area contributed by atoms with E-state index in [4.69, 9.17) is 0 Å². The van der Waals surface area contributed by atoms with Gasteiger partial charge in [-0.15, -0.1) is 0 Å². The van der Waals surface area contributed by atoms with E-state index in [0.717, 1.165) is 24.6 Å². The molecule has 0 unspecified atom stereocenters. The number of hydrogen-bond acceptors (Lipinski definition) is 3. The third kappa shape index (κ3) is 2.90. The Kier molecular flexibility index (Phi) is 4.14. The maximum absolute atomic E-state index is 13.0. The molecule has 2 amide bonds. The van der Waals surface area contributed by atoms with Gasteiger partial charge in [0.25, 0.3) is 0 Å². The molecule has 2 saturated heterocycles. The number of rotatable bonds is 2. The second kappa shape index (κ2) is 6.05. The quantitative estimate of drug-likeness (QED) is 0.782. The predicted octanol–water partition coefficient (Wildman–Crippen LogP) is 1.75. The van der Waals surface area contributed by atoms with Crippen LogP contribution < -0.4 is 4.90 Å². The standard InChI is InChI=1S/C15H17FN2O2S/c16-11-1-3-12(4-2-11)18-6-5-13(15(18)20)14(19)17-7-9-21-10-8-17/h1-4,13H,5-10H2/t13-/m1/s1. The number of thioether (sulfide) groups is 1. The molecule has 0 N–H and O–H groups in total. The molecule has 0 radical (unpaired) electrons. The zero-order valence-corrected chi connectivity index (χ0v) is 12.4. The van der Waals surface area contributed by atoms with E-state index < -0.39 is 5.92 Å². The molecule has 2 aliphatic rings. The van der Waals surface area contributed by atoms with Gasteiger partial charge >= 0.3 is 0 Å². The molecular formula is C15H17FN2O2S. The Morgan fingerprint density at radius 2 is 1.81 bits per heavy atom. The summed E-state index contributed by atoms with van der Waals surface area (Å²) >= 11 is 1.83. The Morgan fingerprint density at radius 3 is 2.48 bits per heavy atom. The molecule has 1 aromatic rings. The summed E-state index contributed by atoms with van der Waals surface area (Å²) in [5.41, 5.74) is 0.658. The lowest BCUT2D eigenvalue weighted by atomic mass is 10.1. The minimum atomic E-state index is -0.571. The van der Waals surface area contributed by atoms with Crippen molar-refractivity contribution >= 4 is 29.3 Å². The van der Waals surface area contributed by atoms with Crippen LogP contribution in [0.25, 0.3) is 0 Å². The van der Waals surface area contributed by atoms with Crippen molar-refractivity contribution in [3.8, 4) is 0 Å². The minimum Gasteiger partial charge on any atom is -0.340 e. The number of halogens is 1. The predicted molar refractivity (Wildman–Crippen MR) is 80.8 cm³/mol. The number of carbonyl (C=O) groups excluding carboxylic acids is 2. The smallest absolute Gasteiger partial charge is 0.239 e. The van der Waals surface area contributed by atoms with Gasteiger partial charge in [0.15, 0.2) is 0 Å². The summed E-state index contributed by atoms with van der Waals surface area (Å²) in [4.78, 5) is 28.3. The molecule has 0 saturated carbocycles. The molecule has 1 aromatic carbocycles. The first-order chi connectivity index (χ1) is 10.2. The van der Waals surface area contributed by atoms with Crippen LogP contribution in [-0.4, -0.2) is 47.9 Å². The van der Waals surface area contributed by atoms with Gasteiger partial charge in [-0.05, 0) is 30.7 Å². The van der Waals surface area contributed by atoms with Crippen LogP contribution in [0.5, 0.6) is 0 Å². The molecular weight excluding hydrogens is 291 g/mol. The molecule has 2 heterocycles. The van der Waals surface area contributed by atoms with Crippen LogP contribution in [0.1, 0.15) is 6.42 Å². The van der Waals surface area contributed by atoms with Gasteiger partial charge in [0, 0.05) is 36.8 Å². The highest BCUT2D eigenvalue weighted by Gasteiger charge is 2.39. The summed E-state index contributed by atoms with van der Waals surface area (Å²) in [7, 11) is 0. The SMILES string of the molecule is O=C([C@H]1CCN(c2ccc(F)cc2)C1=O)N1CCSCC1. The number of hydrogen-bond donors (Lipinski definition) is 0. The Morgan fingerprint density at radius 1 is 1.14 bits per heavy atom. The summed E-state index contributed by atoms with van der Waals surface area (Å²) < 4.78 is 13.0. The minimum absolute atomic E-state index is 0.0510. The fourth-order valence-corrected chi connectivity index (χ4v) is 3.69. The van der Waals surface area contributed by atoms with Crippen LogP contribution in [0.2, 0.25) is 0 Å². The van der Waals surface area contributed by atoms with E-state index in [2.05, 4.69) is 0 Å². The molecule has 0 aromatic heterocycles. The monoisotopic (exact) mass is 308 g/mol. The van der Waals surface area contributed by atoms with Crippen LogP contribution in [-0.2, 0) is 9.59 Å². The van der Waals surface area contributed by atoms with E-state index in [1.165, 1.54) is 12.1 Å². The zero-order valence-electron chi connectivity index (χ0n) is 11.6. The van der Waals surface area contributed by atoms with Gasteiger partial charge in [0.05, 0.1) is 0 Å². The molecule has 0 spiro atoms. The summed E-state index contributed by atoms with van der Waals surface area (Å²) in [6, 6.07) is 5.83. The normalized spacial score (nSPS) is 22.7. The van der Waals surface area contributed by atoms with Gasteiger partial charge in [0.1, 0.15) is 11.7 Å². The van der Waals surface area contributed by atoms with E-state index >= 15 is 0 Å². The number of carbonyl (C=O) groups is 2. The Hall–Kier alpha value is -1.56. The average Bonchev–Trinajstić information content (AvgIpc) is 2.90. The largest absolute Gasteiger partial charge is 0.340 e. The first-order valence-corrected chi connectivity index (χ1v) is 8.26. The third-order valence-electron chi connectivity index (χ3n) is 3.96. The van der Waals surface area contributed by atoms with Crippen molar-refractivity contribution in [2.45, 2.75) is 6.42 Å². The lowest BCUT2D eigenvalue weighted by Gasteiger charge is -2.28. The maximum atomic E-state index is 13.0. The molecule has 4 nitrogen and oxygen atoms in total. The second-order valence-electron chi connectivity index (χ2n) is 5.25. The Balaban J connectivity index is 1.71. The van der Waals surface area contributed by atoms with Crippen LogP contribution in [0.15, 0.2) is 24.3 Å². The van der Waals surface area contributed by atoms with Crippen LogP contribution >= 0.6 is 11.8 Å². The third-order valence-corrected chi connectivity index (χ3v) is 4.91. The summed E-state index contributed by atoms with van der Waals surface area (Å²) in [5, 5.41) is 0. The van der Waals surface area contributed by atoms with Gasteiger partial charge in [0.2, 0.25) is 11.8 Å². The molecule has 2 fully saturated rings. The molecule has 3 rings (SSSR count). The van der Waals surface area contributed by atoms with E-state index in [-0.39, 0.29) is 17.6 Å². The highest BCUT2D eigenvalue weighted by atomic mass is 32.2. The lowest BCUT2D eigenvalue weighted by Crippen LogP contribution is -2.44. The van der Waals surface area contributed by atoms with Crippen molar-refractivity contribution in [3.63, 3.8) is 0 Å². The van der Waals surface area contributed by atoms with Gasteiger partial charge in [-0.2, -0.15) is 11.8 Å². The first kappa shape index (κ1) is 14.4. The van der Waals surface area contributed by atoms with Crippen LogP contribution in [0.3, 0.4) is 0 Å². The van der Waals surface area contributed by atoms with Gasteiger partial charge in [-0.25, -0.2) is 4.39 Å². The molecule has 1 atom stereocenters. The fourth-order valence-electron chi connectivity index (χ4n) is 2.79. The Labute approximate surface area is 127 Å². The molecule has 2 aliphatic heterocycles. The Bertz CT molecular complexity index is 543. The molecule has 21 heavy (non-hydrogen) atoms. The molecule has 0 aliphatic carbocycles. The molecule has 0 bridgehead atoms. The zero-order chi connectivity index (χ0) is 14.8. The lowest BCUT2D eigenvalue weighted by molar-refractivity contribution is -0.139. The number of anilines is 1. The van der Waals surface area contributed by atoms with Crippen molar-refractivity contribution < 1.29 is 14.0 Å². The summed E-state index contributed by atoms with van der Waals surface area (Å²) in [5.74, 6) is 0.764. The molecule has 6 heteroatoms. The van der Waals surface area contributed by atoms with Crippen molar-refractivity contribution in [2.24, 2.45) is 5.92 Å². The highest BCUT2D eigenvalue weighted by molar-refractivity contribution is 7.99. The maximum Gasteiger partial charge on any atom is 0.239 e. The number of nitrogens with zero attached hydrogens (tertiary/aromatic N) is 2. The molecule has 112 valence electrons. The van der Waals surface area contributed by atoms with Crippen molar-refractivity contribution in [3.05, 3.63) is 30.1 Å². The van der Waals surface area contributed by atoms with E-state index in [1.54, 1.807) is 21.9 Å². The van der Waals surface area contributed by atoms with Crippen LogP contribution in [0, 0.1) is 11.7 Å². The second-order valence-corrected chi connectivity index (χ2v) is 6.47. The number of benzene rings is 1. The van der Waals surface area contributed by atoms with Crippen molar-refractivity contribution in [1.29, 1.82) is 0 Å². The topological polar surface area (TPSA) is 40.6 Å². The summed E-state index contributed by atoms with van der Waals surface area (Å²) in [6.45, 7) is 1.97. The van der Waals surface area contributed by atoms with Gasteiger partial charge in [-0.3, -0.25) is 9.59 Å². The van der Waals surface area contributed by atoms with Gasteiger partial charge < -0.3 is 9.80 Å². The van der Waals surface area contributed by atoms with Crippen LogP contribution in [0.4, 0.5) is 10.1 Å². The first-order valence-electron chi connectivity index (χ1n) is 7.10. The number of amides is 2. The van der Waals surface area contributed by atoms with Crippen molar-refractivity contribution in [2.75, 3.05) is 36.0 Å². The van der Waals surface area contributed by atoms with E-state index in [9.17, 15) is 14.0 Å². The fraction of sp³-hybridized carbons (Fsp3) is 0.467. The average molecular weight is 308 g/mol.